The molecule has 0 saturated carbocycles. The summed E-state index contributed by atoms with van der Waals surface area (Å²) in [4.78, 5) is 14.4. The van der Waals surface area contributed by atoms with E-state index in [0.29, 0.717) is 5.75 Å². The molecule has 1 heterocycles. The van der Waals surface area contributed by atoms with Gasteiger partial charge >= 0.3 is 0 Å². The molecular formula is C6H8N2OS2. The van der Waals surface area contributed by atoms with Crippen molar-refractivity contribution in [3.05, 3.63) is 12.3 Å². The molecule has 2 N–H and O–H groups in total. The van der Waals surface area contributed by atoms with E-state index >= 15 is 0 Å². The van der Waals surface area contributed by atoms with E-state index < -0.39 is 0 Å². The number of nitrogens with zero attached hydrogens (tertiary/aromatic N) is 1. The van der Waals surface area contributed by atoms with Crippen molar-refractivity contribution in [2.75, 3.05) is 11.5 Å². The van der Waals surface area contributed by atoms with Gasteiger partial charge in [0.15, 0.2) is 0 Å². The molecule has 0 atom stereocenters. The van der Waals surface area contributed by atoms with E-state index in [1.807, 2.05) is 6.08 Å². The van der Waals surface area contributed by atoms with Crippen LogP contribution in [0.3, 0.4) is 0 Å². The lowest BCUT2D eigenvalue weighted by Gasteiger charge is -2.03. The first-order chi connectivity index (χ1) is 5.29. The molecule has 0 aromatic heterocycles. The number of rotatable bonds is 2. The van der Waals surface area contributed by atoms with Crippen LogP contribution < -0.4 is 5.73 Å². The highest BCUT2D eigenvalue weighted by Crippen LogP contribution is 2.19. The van der Waals surface area contributed by atoms with Crippen molar-refractivity contribution in [3.63, 3.8) is 0 Å². The van der Waals surface area contributed by atoms with E-state index in [9.17, 15) is 4.79 Å². The van der Waals surface area contributed by atoms with E-state index in [4.69, 9.17) is 5.73 Å². The molecule has 0 unspecified atom stereocenters. The SMILES string of the molecule is NC(=O)CSC1=NC=CCS1. The predicted molar refractivity (Wildman–Crippen MR) is 50.7 cm³/mol. The zero-order chi connectivity index (χ0) is 8.10. The molecule has 0 bridgehead atoms. The Kier molecular flexibility index (Phi) is 3.51. The smallest absolute Gasteiger partial charge is 0.227 e. The molecule has 60 valence electrons. The van der Waals surface area contributed by atoms with E-state index in [2.05, 4.69) is 4.99 Å². The Bertz CT molecular complexity index is 213. The first-order valence-electron chi connectivity index (χ1n) is 3.06. The van der Waals surface area contributed by atoms with Gasteiger partial charge in [0.1, 0.15) is 4.38 Å². The first-order valence-corrected chi connectivity index (χ1v) is 5.03. The minimum atomic E-state index is -0.298. The Balaban J connectivity index is 2.31. The fraction of sp³-hybridized carbons (Fsp3) is 0.333. The highest BCUT2D eigenvalue weighted by Gasteiger charge is 2.04. The fourth-order valence-corrected chi connectivity index (χ4v) is 2.10. The van der Waals surface area contributed by atoms with Crippen molar-refractivity contribution < 1.29 is 4.79 Å². The monoisotopic (exact) mass is 188 g/mol. The van der Waals surface area contributed by atoms with Gasteiger partial charge in [-0.1, -0.05) is 29.6 Å². The van der Waals surface area contributed by atoms with Crippen LogP contribution in [0.25, 0.3) is 0 Å². The van der Waals surface area contributed by atoms with Gasteiger partial charge in [0, 0.05) is 12.0 Å². The van der Waals surface area contributed by atoms with E-state index in [1.54, 1.807) is 18.0 Å². The maximum Gasteiger partial charge on any atom is 0.227 e. The first kappa shape index (κ1) is 8.67. The average molecular weight is 188 g/mol. The van der Waals surface area contributed by atoms with Crippen LogP contribution in [0.15, 0.2) is 17.3 Å². The van der Waals surface area contributed by atoms with Gasteiger partial charge in [-0.05, 0) is 0 Å². The Labute approximate surface area is 73.5 Å². The molecule has 1 rings (SSSR count). The number of hydrogen-bond donors (Lipinski definition) is 1. The number of hydrogen-bond acceptors (Lipinski definition) is 4. The van der Waals surface area contributed by atoms with Crippen molar-refractivity contribution in [1.29, 1.82) is 0 Å². The highest BCUT2D eigenvalue weighted by atomic mass is 32.2. The highest BCUT2D eigenvalue weighted by molar-refractivity contribution is 8.39. The van der Waals surface area contributed by atoms with Gasteiger partial charge in [-0.2, -0.15) is 0 Å². The van der Waals surface area contributed by atoms with Crippen LogP contribution in [0.2, 0.25) is 0 Å². The predicted octanol–water partition coefficient (Wildman–Crippen LogP) is 0.821. The third-order valence-corrected chi connectivity index (χ3v) is 3.13. The van der Waals surface area contributed by atoms with Crippen molar-refractivity contribution in [3.8, 4) is 0 Å². The zero-order valence-corrected chi connectivity index (χ0v) is 7.45. The molecule has 11 heavy (non-hydrogen) atoms. The summed E-state index contributed by atoms with van der Waals surface area (Å²) in [5.74, 6) is 0.956. The molecule has 3 nitrogen and oxygen atoms in total. The van der Waals surface area contributed by atoms with Crippen LogP contribution in [0.4, 0.5) is 0 Å². The lowest BCUT2D eigenvalue weighted by Crippen LogP contribution is -2.14. The minimum Gasteiger partial charge on any atom is -0.369 e. The molecule has 0 aromatic rings. The van der Waals surface area contributed by atoms with Crippen LogP contribution in [0, 0.1) is 0 Å². The number of carbonyl (C=O) groups excluding carboxylic acids is 1. The number of aliphatic imine (C=N–C) groups is 1. The Morgan fingerprint density at radius 1 is 1.91 bits per heavy atom. The van der Waals surface area contributed by atoms with Crippen molar-refractivity contribution in [1.82, 2.24) is 0 Å². The fourth-order valence-electron chi connectivity index (χ4n) is 0.525. The van der Waals surface area contributed by atoms with Gasteiger partial charge in [0.2, 0.25) is 5.91 Å². The van der Waals surface area contributed by atoms with Gasteiger partial charge in [-0.15, -0.1) is 0 Å². The number of thioether (sulfide) groups is 2. The average Bonchev–Trinajstić information content (AvgIpc) is 2.03. The van der Waals surface area contributed by atoms with Crippen LogP contribution >= 0.6 is 23.5 Å². The van der Waals surface area contributed by atoms with E-state index in [1.165, 1.54) is 11.8 Å². The van der Waals surface area contributed by atoms with Gasteiger partial charge in [0.25, 0.3) is 0 Å². The summed E-state index contributed by atoms with van der Waals surface area (Å²) in [7, 11) is 0. The van der Waals surface area contributed by atoms with E-state index in [-0.39, 0.29) is 5.91 Å². The van der Waals surface area contributed by atoms with Crippen LogP contribution in [0.1, 0.15) is 0 Å². The Morgan fingerprint density at radius 2 is 2.73 bits per heavy atom. The zero-order valence-electron chi connectivity index (χ0n) is 5.82. The van der Waals surface area contributed by atoms with Crippen molar-refractivity contribution >= 4 is 33.8 Å². The second-order valence-electron chi connectivity index (χ2n) is 1.85. The summed E-state index contributed by atoms with van der Waals surface area (Å²) >= 11 is 3.02. The molecule has 1 amide bonds. The normalized spacial score (nSPS) is 16.2. The summed E-state index contributed by atoms with van der Waals surface area (Å²) in [5.41, 5.74) is 4.97. The molecular weight excluding hydrogens is 180 g/mol. The topological polar surface area (TPSA) is 55.5 Å². The van der Waals surface area contributed by atoms with E-state index in [0.717, 1.165) is 10.1 Å². The third kappa shape index (κ3) is 3.48. The molecule has 0 spiro atoms. The molecule has 5 heteroatoms. The van der Waals surface area contributed by atoms with Crippen LogP contribution in [-0.4, -0.2) is 21.8 Å². The summed E-state index contributed by atoms with van der Waals surface area (Å²) in [6.07, 6.45) is 3.72. The number of carbonyl (C=O) groups is 1. The summed E-state index contributed by atoms with van der Waals surface area (Å²) in [5, 5.41) is 0. The molecule has 0 aromatic carbocycles. The summed E-state index contributed by atoms with van der Waals surface area (Å²) in [6.45, 7) is 0. The molecule has 0 fully saturated rings. The number of primary amides is 1. The van der Waals surface area contributed by atoms with Gasteiger partial charge in [-0.25, -0.2) is 4.99 Å². The van der Waals surface area contributed by atoms with Gasteiger partial charge in [-0.3, -0.25) is 4.79 Å². The molecule has 0 radical (unpaired) electrons. The van der Waals surface area contributed by atoms with Crippen molar-refractivity contribution in [2.45, 2.75) is 0 Å². The Morgan fingerprint density at radius 3 is 3.27 bits per heavy atom. The molecule has 0 saturated heterocycles. The quantitative estimate of drug-likeness (QED) is 0.698. The van der Waals surface area contributed by atoms with Gasteiger partial charge < -0.3 is 5.73 Å². The van der Waals surface area contributed by atoms with Gasteiger partial charge in [0.05, 0.1) is 5.75 Å². The molecule has 1 aliphatic heterocycles. The second-order valence-corrected chi connectivity index (χ2v) is 4.08. The van der Waals surface area contributed by atoms with Crippen molar-refractivity contribution in [2.24, 2.45) is 10.7 Å². The third-order valence-electron chi connectivity index (χ3n) is 0.926. The molecule has 1 aliphatic rings. The maximum absolute atomic E-state index is 10.4. The largest absolute Gasteiger partial charge is 0.369 e. The second kappa shape index (κ2) is 4.46. The number of nitrogens with two attached hydrogens (primary N) is 1. The summed E-state index contributed by atoms with van der Waals surface area (Å²) in [6, 6.07) is 0. The lowest BCUT2D eigenvalue weighted by molar-refractivity contribution is -0.115. The Hall–Kier alpha value is -0.420. The minimum absolute atomic E-state index is 0.298. The molecule has 0 aliphatic carbocycles. The number of amides is 1. The maximum atomic E-state index is 10.4. The lowest BCUT2D eigenvalue weighted by atomic mass is 10.7. The summed E-state index contributed by atoms with van der Waals surface area (Å²) < 4.78 is 0.923. The van der Waals surface area contributed by atoms with Crippen LogP contribution in [-0.2, 0) is 4.79 Å². The van der Waals surface area contributed by atoms with Crippen LogP contribution in [0.5, 0.6) is 0 Å². The standard InChI is InChI=1S/C6H8N2OS2/c7-5(9)4-11-6-8-2-1-3-10-6/h1-2H,3-4H2,(H2,7,9).